The second-order valence-electron chi connectivity index (χ2n) is 8.17. The van der Waals surface area contributed by atoms with Gasteiger partial charge < -0.3 is 5.32 Å². The van der Waals surface area contributed by atoms with Gasteiger partial charge in [-0.1, -0.05) is 78.5 Å². The number of carbonyl (C=O) groups is 1. The highest BCUT2D eigenvalue weighted by atomic mass is 32.2. The monoisotopic (exact) mass is 496 g/mol. The van der Waals surface area contributed by atoms with Crippen LogP contribution in [0.4, 0.5) is 5.69 Å². The molecule has 5 nitrogen and oxygen atoms in total. The molecule has 2 aromatic heterocycles. The molecule has 0 spiro atoms. The first-order valence-corrected chi connectivity index (χ1v) is 13.0. The van der Waals surface area contributed by atoms with E-state index < -0.39 is 5.25 Å². The van der Waals surface area contributed by atoms with Crippen molar-refractivity contribution in [2.75, 3.05) is 5.32 Å². The molecule has 174 valence electrons. The summed E-state index contributed by atoms with van der Waals surface area (Å²) < 4.78 is 2.03. The Morgan fingerprint density at radius 1 is 0.914 bits per heavy atom. The highest BCUT2D eigenvalue weighted by molar-refractivity contribution is 8.00. The first-order valence-electron chi connectivity index (χ1n) is 11.2. The fourth-order valence-corrected chi connectivity index (χ4v) is 5.55. The molecule has 0 fully saturated rings. The molecule has 0 aliphatic rings. The Morgan fingerprint density at radius 2 is 1.66 bits per heavy atom. The Morgan fingerprint density at radius 3 is 2.37 bits per heavy atom. The number of hydrogen-bond acceptors (Lipinski definition) is 5. The minimum atomic E-state index is -0.515. The summed E-state index contributed by atoms with van der Waals surface area (Å²) in [6, 6.07) is 29.9. The van der Waals surface area contributed by atoms with Crippen molar-refractivity contribution in [2.45, 2.75) is 24.3 Å². The number of carbonyl (C=O) groups excluding carboxylic acids is 1. The van der Waals surface area contributed by atoms with Crippen molar-refractivity contribution in [1.29, 1.82) is 0 Å². The number of para-hydroxylation sites is 1. The maximum atomic E-state index is 13.7. The molecule has 0 aliphatic heterocycles. The summed E-state index contributed by atoms with van der Waals surface area (Å²) in [5.74, 6) is 0.658. The predicted molar refractivity (Wildman–Crippen MR) is 144 cm³/mol. The van der Waals surface area contributed by atoms with E-state index in [-0.39, 0.29) is 5.91 Å². The second kappa shape index (κ2) is 10.3. The van der Waals surface area contributed by atoms with Crippen molar-refractivity contribution in [2.24, 2.45) is 0 Å². The largest absolute Gasteiger partial charge is 0.325 e. The number of rotatable bonds is 7. The third kappa shape index (κ3) is 5.06. The van der Waals surface area contributed by atoms with Crippen molar-refractivity contribution in [3.05, 3.63) is 113 Å². The standard InChI is InChI=1S/C28H24N4OS2/c1-19-15-16-20(2)23(18-19)29-27(33)25(21-10-5-3-6-11-21)35-28-31-30-26(24-14-9-17-34-24)32(28)22-12-7-4-8-13-22/h3-18,25H,1-2H3,(H,29,33). The van der Waals surface area contributed by atoms with Gasteiger partial charge in [0, 0.05) is 11.4 Å². The topological polar surface area (TPSA) is 59.8 Å². The van der Waals surface area contributed by atoms with Gasteiger partial charge in [0.15, 0.2) is 11.0 Å². The minimum absolute atomic E-state index is 0.102. The van der Waals surface area contributed by atoms with Crippen LogP contribution in [0.2, 0.25) is 0 Å². The van der Waals surface area contributed by atoms with Gasteiger partial charge in [0.1, 0.15) is 5.25 Å². The van der Waals surface area contributed by atoms with Crippen LogP contribution >= 0.6 is 23.1 Å². The van der Waals surface area contributed by atoms with Gasteiger partial charge in [-0.2, -0.15) is 0 Å². The van der Waals surface area contributed by atoms with Crippen LogP contribution in [-0.4, -0.2) is 20.7 Å². The van der Waals surface area contributed by atoms with Crippen LogP contribution in [0.25, 0.3) is 16.4 Å². The SMILES string of the molecule is Cc1ccc(C)c(NC(=O)C(Sc2nnc(-c3cccs3)n2-c2ccccc2)c2ccccc2)c1. The average molecular weight is 497 g/mol. The molecule has 35 heavy (non-hydrogen) atoms. The quantitative estimate of drug-likeness (QED) is 0.245. The minimum Gasteiger partial charge on any atom is -0.325 e. The van der Waals surface area contributed by atoms with Crippen LogP contribution in [0.5, 0.6) is 0 Å². The van der Waals surface area contributed by atoms with Crippen LogP contribution in [0.15, 0.2) is 102 Å². The van der Waals surface area contributed by atoms with E-state index in [2.05, 4.69) is 15.5 Å². The average Bonchev–Trinajstić information content (AvgIpc) is 3.56. The summed E-state index contributed by atoms with van der Waals surface area (Å²) in [6.07, 6.45) is 0. The summed E-state index contributed by atoms with van der Waals surface area (Å²) in [6.45, 7) is 4.02. The van der Waals surface area contributed by atoms with Crippen LogP contribution in [0.1, 0.15) is 21.9 Å². The highest BCUT2D eigenvalue weighted by Gasteiger charge is 2.27. The maximum absolute atomic E-state index is 13.7. The van der Waals surface area contributed by atoms with E-state index in [1.165, 1.54) is 11.8 Å². The molecule has 0 saturated carbocycles. The van der Waals surface area contributed by atoms with Crippen LogP contribution < -0.4 is 5.32 Å². The number of anilines is 1. The lowest BCUT2D eigenvalue weighted by atomic mass is 10.1. The zero-order valence-electron chi connectivity index (χ0n) is 19.4. The Hall–Kier alpha value is -3.68. The molecule has 0 bridgehead atoms. The molecule has 1 N–H and O–H groups in total. The lowest BCUT2D eigenvalue weighted by Crippen LogP contribution is -2.20. The van der Waals surface area contributed by atoms with Crippen molar-refractivity contribution in [3.63, 3.8) is 0 Å². The van der Waals surface area contributed by atoms with E-state index in [0.29, 0.717) is 5.16 Å². The molecule has 0 radical (unpaired) electrons. The van der Waals surface area contributed by atoms with Crippen molar-refractivity contribution in [1.82, 2.24) is 14.8 Å². The zero-order chi connectivity index (χ0) is 24.2. The van der Waals surface area contributed by atoms with E-state index in [1.807, 2.05) is 115 Å². The Kier molecular flexibility index (Phi) is 6.79. The number of amides is 1. The van der Waals surface area contributed by atoms with Gasteiger partial charge >= 0.3 is 0 Å². The van der Waals surface area contributed by atoms with Crippen molar-refractivity contribution >= 4 is 34.7 Å². The van der Waals surface area contributed by atoms with Gasteiger partial charge in [-0.25, -0.2) is 0 Å². The molecule has 5 aromatic rings. The zero-order valence-corrected chi connectivity index (χ0v) is 21.0. The summed E-state index contributed by atoms with van der Waals surface area (Å²) in [7, 11) is 0. The van der Waals surface area contributed by atoms with Crippen molar-refractivity contribution < 1.29 is 4.79 Å². The van der Waals surface area contributed by atoms with Crippen LogP contribution in [0.3, 0.4) is 0 Å². The van der Waals surface area contributed by atoms with Crippen LogP contribution in [0, 0.1) is 13.8 Å². The molecule has 1 unspecified atom stereocenters. The lowest BCUT2D eigenvalue weighted by Gasteiger charge is -2.18. The highest BCUT2D eigenvalue weighted by Crippen LogP contribution is 2.39. The molecule has 0 saturated heterocycles. The smallest absolute Gasteiger partial charge is 0.242 e. The molecule has 1 amide bonds. The van der Waals surface area contributed by atoms with E-state index in [4.69, 9.17) is 0 Å². The Bertz CT molecular complexity index is 1430. The van der Waals surface area contributed by atoms with Gasteiger partial charge in [0.05, 0.1) is 4.88 Å². The number of hydrogen-bond donors (Lipinski definition) is 1. The van der Waals surface area contributed by atoms with Crippen LogP contribution in [-0.2, 0) is 4.79 Å². The van der Waals surface area contributed by atoms with E-state index in [9.17, 15) is 4.79 Å². The molecular formula is C28H24N4OS2. The van der Waals surface area contributed by atoms with Gasteiger partial charge in [0.2, 0.25) is 5.91 Å². The number of benzene rings is 3. The fourth-order valence-electron chi connectivity index (χ4n) is 3.80. The third-order valence-electron chi connectivity index (χ3n) is 5.60. The molecular weight excluding hydrogens is 472 g/mol. The Labute approximate surface area is 212 Å². The number of aromatic nitrogens is 3. The molecule has 3 aromatic carbocycles. The predicted octanol–water partition coefficient (Wildman–Crippen LogP) is 7.08. The second-order valence-corrected chi connectivity index (χ2v) is 10.2. The fraction of sp³-hybridized carbons (Fsp3) is 0.107. The van der Waals surface area contributed by atoms with E-state index in [0.717, 1.165) is 38.8 Å². The van der Waals surface area contributed by atoms with E-state index >= 15 is 0 Å². The number of aryl methyl sites for hydroxylation is 2. The number of nitrogens with one attached hydrogen (secondary N) is 1. The molecule has 5 rings (SSSR count). The molecule has 2 heterocycles. The Balaban J connectivity index is 1.55. The van der Waals surface area contributed by atoms with Gasteiger partial charge in [-0.15, -0.1) is 21.5 Å². The summed E-state index contributed by atoms with van der Waals surface area (Å²) in [5, 5.41) is 14.4. The van der Waals surface area contributed by atoms with E-state index in [1.54, 1.807) is 11.3 Å². The summed E-state index contributed by atoms with van der Waals surface area (Å²) >= 11 is 3.01. The normalized spacial score (nSPS) is 11.8. The molecule has 0 aliphatic carbocycles. The maximum Gasteiger partial charge on any atom is 0.242 e. The number of thiophene rings is 1. The first kappa shape index (κ1) is 23.1. The van der Waals surface area contributed by atoms with Crippen molar-refractivity contribution in [3.8, 4) is 16.4 Å². The summed E-state index contributed by atoms with van der Waals surface area (Å²) in [5.41, 5.74) is 4.79. The van der Waals surface area contributed by atoms with Gasteiger partial charge in [-0.3, -0.25) is 9.36 Å². The van der Waals surface area contributed by atoms with Gasteiger partial charge in [-0.05, 0) is 60.2 Å². The molecule has 1 atom stereocenters. The van der Waals surface area contributed by atoms with Gasteiger partial charge in [0.25, 0.3) is 0 Å². The number of thioether (sulfide) groups is 1. The number of nitrogens with zero attached hydrogens (tertiary/aromatic N) is 3. The summed E-state index contributed by atoms with van der Waals surface area (Å²) in [4.78, 5) is 14.7. The third-order valence-corrected chi connectivity index (χ3v) is 7.67. The molecule has 7 heteroatoms. The lowest BCUT2D eigenvalue weighted by molar-refractivity contribution is -0.115. The first-order chi connectivity index (χ1) is 17.1.